The van der Waals surface area contributed by atoms with Crippen LogP contribution in [0.5, 0.6) is 5.88 Å². The molecule has 0 spiro atoms. The molecular weight excluding hydrogens is 396 g/mol. The number of carbonyl (C=O) groups excluding carboxylic acids is 1. The van der Waals surface area contributed by atoms with Gasteiger partial charge in [0.25, 0.3) is 5.91 Å². The average molecular weight is 425 g/mol. The Morgan fingerprint density at radius 2 is 2.00 bits per heavy atom. The molecule has 9 heteroatoms. The molecule has 0 unspecified atom stereocenters. The van der Waals surface area contributed by atoms with E-state index in [9.17, 15) is 9.90 Å². The van der Waals surface area contributed by atoms with E-state index in [0.717, 1.165) is 31.2 Å². The number of aliphatic hydroxyl groups is 1. The van der Waals surface area contributed by atoms with Crippen molar-refractivity contribution in [1.29, 1.82) is 0 Å². The first kappa shape index (κ1) is 21.0. The Labute approximate surface area is 180 Å². The first-order valence-electron chi connectivity index (χ1n) is 10.4. The number of pyridine rings is 1. The molecule has 0 aromatic carbocycles. The summed E-state index contributed by atoms with van der Waals surface area (Å²) >= 11 is 0. The van der Waals surface area contributed by atoms with E-state index in [4.69, 9.17) is 10.5 Å². The van der Waals surface area contributed by atoms with Crippen molar-refractivity contribution in [3.63, 3.8) is 0 Å². The zero-order valence-corrected chi connectivity index (χ0v) is 18.0. The Hall–Kier alpha value is -3.20. The molecule has 3 aromatic rings. The van der Waals surface area contributed by atoms with Crippen LogP contribution in [0.15, 0.2) is 30.7 Å². The summed E-state index contributed by atoms with van der Waals surface area (Å²) in [6, 6.07) is 5.42. The fraction of sp³-hybridized carbons (Fsp3) is 0.455. The van der Waals surface area contributed by atoms with Crippen molar-refractivity contribution in [1.82, 2.24) is 24.9 Å². The maximum absolute atomic E-state index is 13.2. The number of fused-ring (bicyclic) bond motifs is 1. The van der Waals surface area contributed by atoms with Gasteiger partial charge in [-0.2, -0.15) is 5.10 Å². The maximum atomic E-state index is 13.2. The summed E-state index contributed by atoms with van der Waals surface area (Å²) in [6.07, 6.45) is 6.40. The highest BCUT2D eigenvalue weighted by molar-refractivity contribution is 6.05. The third kappa shape index (κ3) is 4.18. The van der Waals surface area contributed by atoms with Gasteiger partial charge in [-0.25, -0.2) is 14.5 Å². The molecule has 9 nitrogen and oxygen atoms in total. The Morgan fingerprint density at radius 3 is 2.68 bits per heavy atom. The van der Waals surface area contributed by atoms with Gasteiger partial charge in [0.1, 0.15) is 11.8 Å². The second-order valence-corrected chi connectivity index (χ2v) is 8.61. The van der Waals surface area contributed by atoms with E-state index in [1.54, 1.807) is 30.0 Å². The molecular formula is C22H28N6O3. The first-order valence-corrected chi connectivity index (χ1v) is 10.4. The van der Waals surface area contributed by atoms with Crippen molar-refractivity contribution in [3.05, 3.63) is 36.3 Å². The van der Waals surface area contributed by atoms with E-state index in [2.05, 4.69) is 20.4 Å². The molecule has 31 heavy (non-hydrogen) atoms. The van der Waals surface area contributed by atoms with Crippen molar-refractivity contribution in [2.75, 3.05) is 12.8 Å². The number of hydrogen-bond donors (Lipinski definition) is 3. The van der Waals surface area contributed by atoms with E-state index in [-0.39, 0.29) is 23.7 Å². The maximum Gasteiger partial charge on any atom is 0.253 e. The molecule has 1 fully saturated rings. The normalized spacial score (nSPS) is 19.4. The minimum Gasteiger partial charge on any atom is -0.481 e. The number of rotatable bonds is 5. The lowest BCUT2D eigenvalue weighted by atomic mass is 9.77. The predicted molar refractivity (Wildman–Crippen MR) is 117 cm³/mol. The number of nitrogen functional groups attached to an aromatic ring is 1. The van der Waals surface area contributed by atoms with E-state index in [1.165, 1.54) is 6.33 Å². The van der Waals surface area contributed by atoms with Gasteiger partial charge in [0.2, 0.25) is 5.88 Å². The lowest BCUT2D eigenvalue weighted by molar-refractivity contribution is -0.00257. The van der Waals surface area contributed by atoms with Crippen LogP contribution in [0.4, 0.5) is 5.82 Å². The van der Waals surface area contributed by atoms with Crippen LogP contribution in [-0.4, -0.2) is 49.3 Å². The van der Waals surface area contributed by atoms with E-state index in [0.29, 0.717) is 22.7 Å². The van der Waals surface area contributed by atoms with Crippen LogP contribution in [0, 0.1) is 5.92 Å². The zero-order chi connectivity index (χ0) is 22.2. The fourth-order valence-corrected chi connectivity index (χ4v) is 4.33. The number of nitrogens with two attached hydrogens (primary N) is 1. The minimum absolute atomic E-state index is 0.0522. The van der Waals surface area contributed by atoms with Crippen molar-refractivity contribution in [3.8, 4) is 17.1 Å². The largest absolute Gasteiger partial charge is 0.481 e. The Balaban J connectivity index is 1.63. The number of aromatic nitrogens is 4. The van der Waals surface area contributed by atoms with Gasteiger partial charge in [-0.15, -0.1) is 0 Å². The number of nitrogens with zero attached hydrogens (tertiary/aromatic N) is 4. The molecule has 4 N–H and O–H groups in total. The van der Waals surface area contributed by atoms with Crippen LogP contribution in [0.3, 0.4) is 0 Å². The molecule has 3 heterocycles. The predicted octanol–water partition coefficient (Wildman–Crippen LogP) is 2.44. The quantitative estimate of drug-likeness (QED) is 0.574. The molecule has 1 aliphatic rings. The van der Waals surface area contributed by atoms with Crippen molar-refractivity contribution < 1.29 is 14.6 Å². The van der Waals surface area contributed by atoms with Crippen molar-refractivity contribution in [2.24, 2.45) is 5.92 Å². The second-order valence-electron chi connectivity index (χ2n) is 8.61. The molecule has 0 bridgehead atoms. The first-order chi connectivity index (χ1) is 14.8. The molecule has 4 rings (SSSR count). The second kappa shape index (κ2) is 8.14. The highest BCUT2D eigenvalue weighted by atomic mass is 16.5. The highest BCUT2D eigenvalue weighted by Gasteiger charge is 2.32. The van der Waals surface area contributed by atoms with Crippen LogP contribution in [-0.2, 0) is 0 Å². The summed E-state index contributed by atoms with van der Waals surface area (Å²) in [6.45, 7) is 3.70. The van der Waals surface area contributed by atoms with Crippen LogP contribution in [0.2, 0.25) is 0 Å². The summed E-state index contributed by atoms with van der Waals surface area (Å²) in [5.41, 5.74) is 7.81. The molecule has 1 aliphatic carbocycles. The van der Waals surface area contributed by atoms with Crippen LogP contribution in [0.25, 0.3) is 16.8 Å². The molecule has 0 saturated heterocycles. The molecule has 1 saturated carbocycles. The van der Waals surface area contributed by atoms with E-state index in [1.807, 2.05) is 19.9 Å². The smallest absolute Gasteiger partial charge is 0.253 e. The van der Waals surface area contributed by atoms with Gasteiger partial charge >= 0.3 is 0 Å². The number of anilines is 1. The molecule has 0 aliphatic heterocycles. The van der Waals surface area contributed by atoms with Gasteiger partial charge in [-0.05, 0) is 57.6 Å². The lowest BCUT2D eigenvalue weighted by Crippen LogP contribution is -2.41. The topological polar surface area (TPSA) is 128 Å². The summed E-state index contributed by atoms with van der Waals surface area (Å²) in [5.74, 6) is 0.730. The standard InChI is InChI=1S/C22H28N6O3/c1-22(2,30)14-4-6-15(7-5-14)27-21(29)16-11-17(13-8-9-24-18(10-13)31-3)28-19(16)20(23)25-12-26-28/h8-12,14-15,30H,4-7H2,1-3H3,(H,27,29)(H2,23,25,26). The number of methoxy groups -OCH3 is 1. The summed E-state index contributed by atoms with van der Waals surface area (Å²) in [5, 5.41) is 17.7. The van der Waals surface area contributed by atoms with E-state index < -0.39 is 5.60 Å². The summed E-state index contributed by atoms with van der Waals surface area (Å²) in [4.78, 5) is 21.4. The number of amides is 1. The fourth-order valence-electron chi connectivity index (χ4n) is 4.33. The summed E-state index contributed by atoms with van der Waals surface area (Å²) in [7, 11) is 1.55. The molecule has 0 atom stereocenters. The third-order valence-corrected chi connectivity index (χ3v) is 6.13. The van der Waals surface area contributed by atoms with Gasteiger partial charge in [0.05, 0.1) is 24.0 Å². The molecule has 164 valence electrons. The molecule has 3 aromatic heterocycles. The highest BCUT2D eigenvalue weighted by Crippen LogP contribution is 2.33. The number of hydrogen-bond acceptors (Lipinski definition) is 7. The number of ether oxygens (including phenoxy) is 1. The van der Waals surface area contributed by atoms with Crippen molar-refractivity contribution >= 4 is 17.2 Å². The van der Waals surface area contributed by atoms with Gasteiger partial charge in [0, 0.05) is 23.9 Å². The average Bonchev–Trinajstić information content (AvgIpc) is 3.15. The minimum atomic E-state index is -0.695. The molecule has 0 radical (unpaired) electrons. The van der Waals surface area contributed by atoms with Crippen LogP contribution in [0.1, 0.15) is 49.9 Å². The third-order valence-electron chi connectivity index (χ3n) is 6.13. The van der Waals surface area contributed by atoms with Gasteiger partial charge in [-0.3, -0.25) is 4.79 Å². The number of nitrogens with one attached hydrogen (secondary N) is 1. The van der Waals surface area contributed by atoms with E-state index >= 15 is 0 Å². The zero-order valence-electron chi connectivity index (χ0n) is 18.0. The monoisotopic (exact) mass is 424 g/mol. The molecule has 1 amide bonds. The SMILES string of the molecule is COc1cc(-c2cc(C(=O)NC3CCC(C(C)(C)O)CC3)c3c(N)ncnn23)ccn1. The summed E-state index contributed by atoms with van der Waals surface area (Å²) < 4.78 is 6.85. The van der Waals surface area contributed by atoms with Gasteiger partial charge in [-0.1, -0.05) is 0 Å². The van der Waals surface area contributed by atoms with Crippen LogP contribution >= 0.6 is 0 Å². The van der Waals surface area contributed by atoms with Crippen LogP contribution < -0.4 is 15.8 Å². The Morgan fingerprint density at radius 1 is 1.26 bits per heavy atom. The van der Waals surface area contributed by atoms with Crippen molar-refractivity contribution in [2.45, 2.75) is 51.2 Å². The van der Waals surface area contributed by atoms with Gasteiger partial charge < -0.3 is 20.9 Å². The van der Waals surface area contributed by atoms with Gasteiger partial charge in [0.15, 0.2) is 5.82 Å². The Bertz CT molecular complexity index is 1100. The lowest BCUT2D eigenvalue weighted by Gasteiger charge is -2.36. The Kier molecular flexibility index (Phi) is 5.53. The number of carbonyl (C=O) groups is 1.